The predicted octanol–water partition coefficient (Wildman–Crippen LogP) is 2.32. The molecular weight excluding hydrogens is 318 g/mol. The lowest BCUT2D eigenvalue weighted by molar-refractivity contribution is 0.311. The molecule has 0 radical (unpaired) electrons. The van der Waals surface area contributed by atoms with Crippen molar-refractivity contribution < 1.29 is 5.11 Å². The summed E-state index contributed by atoms with van der Waals surface area (Å²) in [5, 5.41) is 18.5. The monoisotopic (exact) mass is 335 g/mol. The molecular formula is C18H17N5O2. The molecule has 7 heteroatoms. The first-order valence-corrected chi connectivity index (χ1v) is 7.96. The van der Waals surface area contributed by atoms with E-state index < -0.39 is 0 Å². The van der Waals surface area contributed by atoms with Crippen LogP contribution in [0.25, 0.3) is 33.4 Å². The van der Waals surface area contributed by atoms with Gasteiger partial charge in [0.05, 0.1) is 12.3 Å². The molecule has 4 aromatic rings. The molecule has 3 heterocycles. The number of aliphatic hydroxyl groups excluding tert-OH is 1. The Kier molecular flexibility index (Phi) is 3.83. The third-order valence-corrected chi connectivity index (χ3v) is 4.05. The minimum atomic E-state index is -0.151. The third kappa shape index (κ3) is 2.92. The van der Waals surface area contributed by atoms with Crippen molar-refractivity contribution in [2.45, 2.75) is 0 Å². The first kappa shape index (κ1) is 15.2. The number of nitrogens with one attached hydrogen (secondary N) is 4. The Morgan fingerprint density at radius 1 is 1.04 bits per heavy atom. The number of hydrogen-bond donors (Lipinski definition) is 5. The van der Waals surface area contributed by atoms with Gasteiger partial charge in [-0.1, -0.05) is 24.3 Å². The summed E-state index contributed by atoms with van der Waals surface area (Å²) in [4.78, 5) is 18.9. The Morgan fingerprint density at radius 3 is 2.56 bits per heavy atom. The van der Waals surface area contributed by atoms with Crippen LogP contribution in [0.1, 0.15) is 0 Å². The summed E-state index contributed by atoms with van der Waals surface area (Å²) in [5.74, 6) is 0.707. The topological polar surface area (TPSA) is 110 Å². The zero-order valence-corrected chi connectivity index (χ0v) is 13.3. The van der Waals surface area contributed by atoms with Gasteiger partial charge in [0.1, 0.15) is 11.5 Å². The van der Waals surface area contributed by atoms with Gasteiger partial charge in [-0.25, -0.2) is 4.98 Å². The van der Waals surface area contributed by atoms with Gasteiger partial charge in [-0.2, -0.15) is 0 Å². The molecule has 7 nitrogen and oxygen atoms in total. The maximum atomic E-state index is 11.3. The normalized spacial score (nSPS) is 11.1. The molecule has 0 aliphatic carbocycles. The molecule has 0 aliphatic heterocycles. The number of H-pyrrole nitrogens is 3. The van der Waals surface area contributed by atoms with E-state index in [4.69, 9.17) is 5.11 Å². The number of nitrogens with zero attached hydrogens (tertiary/aromatic N) is 1. The maximum Gasteiger partial charge on any atom is 0.264 e. The fourth-order valence-electron chi connectivity index (χ4n) is 2.87. The first-order chi connectivity index (χ1) is 12.2. The minimum Gasteiger partial charge on any atom is -0.395 e. The van der Waals surface area contributed by atoms with E-state index >= 15 is 0 Å². The van der Waals surface area contributed by atoms with Crippen LogP contribution >= 0.6 is 0 Å². The van der Waals surface area contributed by atoms with Crippen molar-refractivity contribution in [2.24, 2.45) is 0 Å². The van der Waals surface area contributed by atoms with Crippen molar-refractivity contribution in [1.82, 2.24) is 20.2 Å². The number of fused-ring (bicyclic) bond motifs is 1. The summed E-state index contributed by atoms with van der Waals surface area (Å²) in [7, 11) is 0. The molecule has 126 valence electrons. The van der Waals surface area contributed by atoms with Gasteiger partial charge >= 0.3 is 0 Å². The number of benzene rings is 1. The lowest BCUT2D eigenvalue weighted by atomic mass is 10.0. The second-order valence-electron chi connectivity index (χ2n) is 5.70. The minimum absolute atomic E-state index is 0.0450. The van der Waals surface area contributed by atoms with Crippen molar-refractivity contribution in [3.8, 4) is 22.4 Å². The van der Waals surface area contributed by atoms with Crippen molar-refractivity contribution in [1.29, 1.82) is 0 Å². The fraction of sp³-hybridized carbons (Fsp3) is 0.111. The zero-order valence-electron chi connectivity index (χ0n) is 13.3. The van der Waals surface area contributed by atoms with Crippen LogP contribution in [0.5, 0.6) is 0 Å². The number of aliphatic hydroxyl groups is 1. The predicted molar refractivity (Wildman–Crippen MR) is 97.5 cm³/mol. The lowest BCUT2D eigenvalue weighted by Crippen LogP contribution is -2.07. The molecule has 0 spiro atoms. The van der Waals surface area contributed by atoms with Crippen molar-refractivity contribution in [2.75, 3.05) is 18.5 Å². The van der Waals surface area contributed by atoms with Gasteiger partial charge in [0, 0.05) is 24.2 Å². The molecule has 3 aromatic heterocycles. The highest BCUT2D eigenvalue weighted by Gasteiger charge is 2.09. The van der Waals surface area contributed by atoms with E-state index in [0.717, 1.165) is 33.4 Å². The van der Waals surface area contributed by atoms with Crippen molar-refractivity contribution in [3.05, 3.63) is 59.0 Å². The van der Waals surface area contributed by atoms with Gasteiger partial charge < -0.3 is 15.4 Å². The molecule has 0 aliphatic rings. The highest BCUT2D eigenvalue weighted by molar-refractivity contribution is 5.95. The van der Waals surface area contributed by atoms with Gasteiger partial charge in [0.25, 0.3) is 5.56 Å². The molecule has 0 unspecified atom stereocenters. The fourth-order valence-corrected chi connectivity index (χ4v) is 2.87. The van der Waals surface area contributed by atoms with E-state index in [1.807, 2.05) is 42.6 Å². The van der Waals surface area contributed by atoms with Crippen LogP contribution in [-0.4, -0.2) is 38.4 Å². The summed E-state index contributed by atoms with van der Waals surface area (Å²) < 4.78 is 0. The largest absolute Gasteiger partial charge is 0.395 e. The Morgan fingerprint density at radius 2 is 1.84 bits per heavy atom. The Balaban J connectivity index is 1.75. The smallest absolute Gasteiger partial charge is 0.264 e. The summed E-state index contributed by atoms with van der Waals surface area (Å²) in [6.07, 6.45) is 1.86. The number of anilines is 1. The van der Waals surface area contributed by atoms with Crippen LogP contribution in [0.3, 0.4) is 0 Å². The summed E-state index contributed by atoms with van der Waals surface area (Å²) in [6.45, 7) is 0.488. The number of aromatic amines is 3. The van der Waals surface area contributed by atoms with E-state index in [1.165, 1.54) is 6.07 Å². The Bertz CT molecular complexity index is 1060. The maximum absolute atomic E-state index is 11.3. The summed E-state index contributed by atoms with van der Waals surface area (Å²) >= 11 is 0. The van der Waals surface area contributed by atoms with Gasteiger partial charge in [0.15, 0.2) is 0 Å². The van der Waals surface area contributed by atoms with Crippen LogP contribution in [-0.2, 0) is 0 Å². The Labute approximate surface area is 142 Å². The van der Waals surface area contributed by atoms with Crippen LogP contribution in [0, 0.1) is 0 Å². The second kappa shape index (κ2) is 6.29. The van der Waals surface area contributed by atoms with Gasteiger partial charge in [-0.15, -0.1) is 0 Å². The Hall–Kier alpha value is -3.32. The van der Waals surface area contributed by atoms with Crippen LogP contribution in [0.4, 0.5) is 5.82 Å². The van der Waals surface area contributed by atoms with Crippen LogP contribution in [0.15, 0.2) is 53.5 Å². The molecule has 0 bridgehead atoms. The standard InChI is InChI=1S/C18H17N5O2/c24-8-7-19-16-9-14(13-5-6-20-18(13)21-16)11-1-3-12(4-2-11)15-10-17(25)23-22-15/h1-6,9-10,24H,7-8H2,(H2,19,20,21)(H2,22,23,25). The highest BCUT2D eigenvalue weighted by atomic mass is 16.3. The summed E-state index contributed by atoms with van der Waals surface area (Å²) in [5.41, 5.74) is 4.41. The number of aromatic nitrogens is 4. The van der Waals surface area contributed by atoms with Gasteiger partial charge in [0.2, 0.25) is 0 Å². The van der Waals surface area contributed by atoms with E-state index in [9.17, 15) is 4.79 Å². The van der Waals surface area contributed by atoms with Gasteiger partial charge in [-0.3, -0.25) is 15.0 Å². The molecule has 25 heavy (non-hydrogen) atoms. The number of pyridine rings is 1. The van der Waals surface area contributed by atoms with Crippen LogP contribution < -0.4 is 10.9 Å². The van der Waals surface area contributed by atoms with Gasteiger partial charge in [-0.05, 0) is 28.8 Å². The summed E-state index contributed by atoms with van der Waals surface area (Å²) in [6, 6.07) is 13.5. The van der Waals surface area contributed by atoms with E-state index in [-0.39, 0.29) is 12.2 Å². The average molecular weight is 335 g/mol. The highest BCUT2D eigenvalue weighted by Crippen LogP contribution is 2.31. The number of rotatable bonds is 5. The van der Waals surface area contributed by atoms with Crippen molar-refractivity contribution in [3.63, 3.8) is 0 Å². The molecule has 0 amide bonds. The lowest BCUT2D eigenvalue weighted by Gasteiger charge is -2.09. The quantitative estimate of drug-likeness (QED) is 0.385. The van der Waals surface area contributed by atoms with Crippen LogP contribution in [0.2, 0.25) is 0 Å². The molecule has 5 N–H and O–H groups in total. The molecule has 0 atom stereocenters. The molecule has 0 saturated carbocycles. The zero-order chi connectivity index (χ0) is 17.2. The number of hydrogen-bond acceptors (Lipinski definition) is 4. The molecule has 1 aromatic carbocycles. The molecule has 0 saturated heterocycles. The van der Waals surface area contributed by atoms with E-state index in [0.29, 0.717) is 12.4 Å². The SMILES string of the molecule is O=c1cc(-c2ccc(-c3cc(NCCO)nc4[nH]ccc34)cc2)[nH][nH]1. The van der Waals surface area contributed by atoms with E-state index in [1.54, 1.807) is 0 Å². The second-order valence-corrected chi connectivity index (χ2v) is 5.70. The van der Waals surface area contributed by atoms with Crippen molar-refractivity contribution >= 4 is 16.9 Å². The third-order valence-electron chi connectivity index (χ3n) is 4.05. The average Bonchev–Trinajstić information content (AvgIpc) is 3.28. The molecule has 4 rings (SSSR count). The van der Waals surface area contributed by atoms with E-state index in [2.05, 4.69) is 25.5 Å². The molecule has 0 fully saturated rings. The first-order valence-electron chi connectivity index (χ1n) is 7.96.